The number of nitrogens with zero attached hydrogens (tertiary/aromatic N) is 3. The molecule has 0 heterocycles. The normalized spacial score (nSPS) is 10.9. The first-order valence-electron chi connectivity index (χ1n) is 7.47. The molecule has 4 heteroatoms. The van der Waals surface area contributed by atoms with Crippen LogP contribution in [0.2, 0.25) is 0 Å². The van der Waals surface area contributed by atoms with Crippen molar-refractivity contribution in [3.05, 3.63) is 75.9 Å². The summed E-state index contributed by atoms with van der Waals surface area (Å²) in [5.41, 5.74) is 0. The second-order valence-electron chi connectivity index (χ2n) is 4.75. The number of rotatable bonds is 15. The fraction of sp³-hybridized carbons (Fsp3) is 0.333. The standard InChI is InChI=1S/3C6H10N.Sn/c3*1-3-5-7-6-4-2;/h3*3-4H,1-2,5-6H2;/q3*-1;+3. The molecule has 0 aliphatic carbocycles. The molecule has 121 valence electrons. The summed E-state index contributed by atoms with van der Waals surface area (Å²) in [4.78, 5) is 0. The van der Waals surface area contributed by atoms with E-state index < -0.39 is 20.6 Å². The van der Waals surface area contributed by atoms with Crippen LogP contribution in [0.3, 0.4) is 0 Å². The molecule has 0 fully saturated rings. The van der Waals surface area contributed by atoms with Crippen LogP contribution in [0.5, 0.6) is 0 Å². The summed E-state index contributed by atoms with van der Waals surface area (Å²) in [7, 11) is 0. The maximum atomic E-state index is 3.91. The van der Waals surface area contributed by atoms with Crippen LogP contribution in [0.4, 0.5) is 0 Å². The third kappa shape index (κ3) is 7.40. The van der Waals surface area contributed by atoms with Gasteiger partial charge in [-0.15, -0.1) is 0 Å². The molecule has 0 aliphatic rings. The van der Waals surface area contributed by atoms with Crippen molar-refractivity contribution in [2.45, 2.75) is 0 Å². The van der Waals surface area contributed by atoms with Crippen LogP contribution in [0.25, 0.3) is 0 Å². The Bertz CT molecular complexity index is 291. The topological polar surface area (TPSA) is 9.72 Å². The zero-order valence-electron chi connectivity index (χ0n) is 13.8. The van der Waals surface area contributed by atoms with Crippen LogP contribution in [-0.2, 0) is 0 Å². The molecule has 0 aromatic heterocycles. The van der Waals surface area contributed by atoms with Crippen molar-refractivity contribution in [1.82, 2.24) is 9.36 Å². The average Bonchev–Trinajstić information content (AvgIpc) is 2.49. The summed E-state index contributed by atoms with van der Waals surface area (Å²) in [6, 6.07) is 0. The first kappa shape index (κ1) is 21.1. The third-order valence-electron chi connectivity index (χ3n) is 2.95. The van der Waals surface area contributed by atoms with Crippen molar-refractivity contribution in [3.63, 3.8) is 0 Å². The Kier molecular flexibility index (Phi) is 13.2. The minimum atomic E-state index is -2.31. The molecular weight excluding hydrogens is 377 g/mol. The summed E-state index contributed by atoms with van der Waals surface area (Å²) >= 11 is -2.31. The van der Waals surface area contributed by atoms with Gasteiger partial charge in [-0.25, -0.2) is 0 Å². The van der Waals surface area contributed by atoms with Crippen LogP contribution in [0.1, 0.15) is 0 Å². The van der Waals surface area contributed by atoms with Gasteiger partial charge in [-0.1, -0.05) is 0 Å². The van der Waals surface area contributed by atoms with Gasteiger partial charge in [0.1, 0.15) is 0 Å². The van der Waals surface area contributed by atoms with Crippen LogP contribution < -0.4 is 0 Å². The Morgan fingerprint density at radius 1 is 0.455 bits per heavy atom. The predicted molar refractivity (Wildman–Crippen MR) is 102 cm³/mol. The van der Waals surface area contributed by atoms with Crippen molar-refractivity contribution >= 4 is 20.6 Å². The first-order chi connectivity index (χ1) is 10.7. The molecule has 3 nitrogen and oxygen atoms in total. The van der Waals surface area contributed by atoms with Gasteiger partial charge in [0.2, 0.25) is 0 Å². The van der Waals surface area contributed by atoms with Gasteiger partial charge in [0.05, 0.1) is 0 Å². The maximum absolute atomic E-state index is 3.91. The molecule has 0 aliphatic heterocycles. The fourth-order valence-electron chi connectivity index (χ4n) is 2.25. The van der Waals surface area contributed by atoms with Crippen molar-refractivity contribution in [2.24, 2.45) is 0 Å². The van der Waals surface area contributed by atoms with Gasteiger partial charge in [0, 0.05) is 0 Å². The molecule has 0 aromatic rings. The van der Waals surface area contributed by atoms with Gasteiger partial charge in [-0.05, 0) is 0 Å². The summed E-state index contributed by atoms with van der Waals surface area (Å²) < 4.78 is 7.51. The summed E-state index contributed by atoms with van der Waals surface area (Å²) in [6.45, 7) is 28.6. The van der Waals surface area contributed by atoms with Gasteiger partial charge in [0.25, 0.3) is 0 Å². The summed E-state index contributed by atoms with van der Waals surface area (Å²) in [5, 5.41) is 0. The molecular formula is C18H30N3Sn. The molecule has 22 heavy (non-hydrogen) atoms. The van der Waals surface area contributed by atoms with E-state index in [1.807, 2.05) is 36.5 Å². The van der Waals surface area contributed by atoms with Crippen molar-refractivity contribution in [1.29, 1.82) is 0 Å². The van der Waals surface area contributed by atoms with Crippen molar-refractivity contribution in [2.75, 3.05) is 39.3 Å². The molecule has 0 unspecified atom stereocenters. The van der Waals surface area contributed by atoms with Crippen LogP contribution >= 0.6 is 0 Å². The van der Waals surface area contributed by atoms with E-state index >= 15 is 0 Å². The first-order valence-corrected chi connectivity index (χ1v) is 11.3. The van der Waals surface area contributed by atoms with E-state index in [1.54, 1.807) is 0 Å². The van der Waals surface area contributed by atoms with E-state index in [0.717, 1.165) is 39.3 Å². The zero-order chi connectivity index (χ0) is 16.8. The summed E-state index contributed by atoms with van der Waals surface area (Å²) in [6.07, 6.45) is 11.8. The Balaban J connectivity index is 5.61. The molecule has 0 saturated heterocycles. The van der Waals surface area contributed by atoms with Gasteiger partial charge in [0.15, 0.2) is 0 Å². The fourth-order valence-corrected chi connectivity index (χ4v) is 10.7. The molecule has 1 radical (unpaired) electrons. The number of hydrogen-bond acceptors (Lipinski definition) is 3. The molecule has 0 rings (SSSR count). The monoisotopic (exact) mass is 408 g/mol. The van der Waals surface area contributed by atoms with E-state index in [9.17, 15) is 0 Å². The van der Waals surface area contributed by atoms with E-state index in [2.05, 4.69) is 48.8 Å². The van der Waals surface area contributed by atoms with Crippen LogP contribution in [-0.4, -0.2) is 69.2 Å². The van der Waals surface area contributed by atoms with Gasteiger partial charge in [-0.3, -0.25) is 0 Å². The van der Waals surface area contributed by atoms with Gasteiger partial charge in [-0.2, -0.15) is 0 Å². The van der Waals surface area contributed by atoms with E-state index in [4.69, 9.17) is 0 Å². The predicted octanol–water partition coefficient (Wildman–Crippen LogP) is 2.99. The average molecular weight is 407 g/mol. The van der Waals surface area contributed by atoms with Crippen LogP contribution in [0, 0.1) is 0 Å². The minimum absolute atomic E-state index is 0.858. The Morgan fingerprint density at radius 2 is 0.636 bits per heavy atom. The zero-order valence-corrected chi connectivity index (χ0v) is 16.6. The van der Waals surface area contributed by atoms with Crippen LogP contribution in [0.15, 0.2) is 75.9 Å². The second-order valence-corrected chi connectivity index (χ2v) is 11.9. The van der Waals surface area contributed by atoms with Crippen molar-refractivity contribution < 1.29 is 0 Å². The molecule has 0 atom stereocenters. The Hall–Kier alpha value is -0.881. The van der Waals surface area contributed by atoms with Crippen molar-refractivity contribution in [3.8, 4) is 0 Å². The Morgan fingerprint density at radius 3 is 0.773 bits per heavy atom. The quantitative estimate of drug-likeness (QED) is 0.305. The SMILES string of the molecule is C=CC[N](CC=C)[Sn]([N](CC=C)CC=C)[N](CC=C)CC=C. The molecule has 0 saturated carbocycles. The van der Waals surface area contributed by atoms with Gasteiger partial charge >= 0.3 is 145 Å². The number of hydrogen-bond donors (Lipinski definition) is 0. The summed E-state index contributed by atoms with van der Waals surface area (Å²) in [5.74, 6) is 0. The van der Waals surface area contributed by atoms with E-state index in [-0.39, 0.29) is 0 Å². The van der Waals surface area contributed by atoms with E-state index in [0.29, 0.717) is 0 Å². The Labute approximate surface area is 145 Å². The molecule has 0 N–H and O–H groups in total. The molecule has 0 amide bonds. The van der Waals surface area contributed by atoms with E-state index in [1.165, 1.54) is 0 Å². The molecule has 0 spiro atoms. The third-order valence-corrected chi connectivity index (χ3v) is 10.9. The second kappa shape index (κ2) is 13.8. The molecule has 0 bridgehead atoms. The van der Waals surface area contributed by atoms with Gasteiger partial charge < -0.3 is 0 Å². The molecule has 0 aromatic carbocycles.